The average Bonchev–Trinajstić information content (AvgIpc) is 3.13. The zero-order valence-electron chi connectivity index (χ0n) is 20.8. The molecule has 2 aromatic carbocycles. The van der Waals surface area contributed by atoms with Crippen LogP contribution in [0.5, 0.6) is 0 Å². The summed E-state index contributed by atoms with van der Waals surface area (Å²) in [5.41, 5.74) is 7.07. The highest BCUT2D eigenvalue weighted by Crippen LogP contribution is 2.45. The van der Waals surface area contributed by atoms with Crippen LogP contribution >= 0.6 is 7.37 Å². The number of benzene rings is 2. The minimum atomic E-state index is -4.18. The quantitative estimate of drug-likeness (QED) is 0.251. The van der Waals surface area contributed by atoms with Crippen LogP contribution in [0, 0.1) is 17.4 Å². The molecule has 3 aromatic rings. The number of aliphatic carboxylic acids is 1. The van der Waals surface area contributed by atoms with E-state index in [1.807, 2.05) is 58.0 Å². The number of halogens is 1. The molecule has 0 saturated carbocycles. The lowest BCUT2D eigenvalue weighted by atomic mass is 9.95. The van der Waals surface area contributed by atoms with E-state index >= 15 is 0 Å². The zero-order chi connectivity index (χ0) is 26.6. The van der Waals surface area contributed by atoms with Crippen LogP contribution in [0.4, 0.5) is 4.39 Å². The summed E-state index contributed by atoms with van der Waals surface area (Å²) in [7, 11) is -4.18. The molecule has 0 amide bonds. The molecule has 8 heteroatoms. The van der Waals surface area contributed by atoms with E-state index in [0.29, 0.717) is 11.1 Å². The van der Waals surface area contributed by atoms with Gasteiger partial charge in [0.15, 0.2) is 0 Å². The summed E-state index contributed by atoms with van der Waals surface area (Å²) in [5.74, 6) is 1.27. The lowest BCUT2D eigenvalue weighted by Crippen LogP contribution is -2.17. The van der Waals surface area contributed by atoms with Gasteiger partial charge in [-0.2, -0.15) is 0 Å². The van der Waals surface area contributed by atoms with Crippen molar-refractivity contribution in [3.63, 3.8) is 0 Å². The van der Waals surface area contributed by atoms with Gasteiger partial charge in [0.1, 0.15) is 5.82 Å². The Morgan fingerprint density at radius 3 is 2.17 bits per heavy atom. The van der Waals surface area contributed by atoms with Crippen molar-refractivity contribution in [2.24, 2.45) is 0 Å². The molecule has 2 atom stereocenters. The van der Waals surface area contributed by atoms with Crippen molar-refractivity contribution in [1.29, 1.82) is 0 Å². The van der Waals surface area contributed by atoms with Crippen molar-refractivity contribution >= 4 is 13.3 Å². The molecular weight excluding hydrogens is 480 g/mol. The summed E-state index contributed by atoms with van der Waals surface area (Å²) < 4.78 is 28.8. The van der Waals surface area contributed by atoms with Gasteiger partial charge in [-0.05, 0) is 48.7 Å². The Balaban J connectivity index is 2.34. The van der Waals surface area contributed by atoms with Gasteiger partial charge in [0.2, 0.25) is 0 Å². The molecule has 0 radical (unpaired) electrons. The third kappa shape index (κ3) is 6.33. The van der Waals surface area contributed by atoms with Crippen molar-refractivity contribution in [1.82, 2.24) is 4.57 Å². The topological polar surface area (TPSA) is 99.8 Å². The minimum absolute atomic E-state index is 0.0101. The van der Waals surface area contributed by atoms with Crippen LogP contribution in [0.25, 0.3) is 22.4 Å². The van der Waals surface area contributed by atoms with Crippen molar-refractivity contribution in [2.45, 2.75) is 52.2 Å². The Hall–Kier alpha value is -3.17. The fourth-order valence-corrected chi connectivity index (χ4v) is 5.43. The molecule has 36 heavy (non-hydrogen) atoms. The highest BCUT2D eigenvalue weighted by molar-refractivity contribution is 7.63. The van der Waals surface area contributed by atoms with Crippen LogP contribution in [0.15, 0.2) is 54.6 Å². The number of rotatable bonds is 8. The lowest BCUT2D eigenvalue weighted by Gasteiger charge is -2.20. The number of hydrogen-bond donors (Lipinski definition) is 3. The van der Waals surface area contributed by atoms with Gasteiger partial charge in [0.25, 0.3) is 7.37 Å². The molecule has 3 rings (SSSR count). The monoisotopic (exact) mass is 511 g/mol. The van der Waals surface area contributed by atoms with Crippen molar-refractivity contribution in [3.05, 3.63) is 71.7 Å². The van der Waals surface area contributed by atoms with E-state index in [9.17, 15) is 23.7 Å². The van der Waals surface area contributed by atoms with Gasteiger partial charge < -0.3 is 19.7 Å². The summed E-state index contributed by atoms with van der Waals surface area (Å²) >= 11 is 0. The molecule has 0 aliphatic heterocycles. The molecule has 0 aliphatic carbocycles. The first-order chi connectivity index (χ1) is 16.9. The maximum atomic E-state index is 13.8. The number of carboxylic acids is 1. The van der Waals surface area contributed by atoms with Gasteiger partial charge in [-0.3, -0.25) is 9.36 Å². The van der Waals surface area contributed by atoms with Crippen LogP contribution < -0.4 is 0 Å². The van der Waals surface area contributed by atoms with Gasteiger partial charge in [-0.1, -0.05) is 62.2 Å². The smallest absolute Gasteiger partial charge is 0.305 e. The van der Waals surface area contributed by atoms with Crippen LogP contribution in [-0.2, 0) is 9.36 Å². The van der Waals surface area contributed by atoms with Crippen molar-refractivity contribution < 1.29 is 28.9 Å². The number of carboxylic acid groups (broad SMARTS) is 1. The number of aliphatic hydroxyl groups excluding tert-OH is 1. The van der Waals surface area contributed by atoms with Crippen LogP contribution in [0.2, 0.25) is 0 Å². The first-order valence-corrected chi connectivity index (χ1v) is 13.6. The molecule has 0 saturated heterocycles. The fourth-order valence-electron chi connectivity index (χ4n) is 4.36. The van der Waals surface area contributed by atoms with E-state index in [0.717, 1.165) is 22.5 Å². The van der Waals surface area contributed by atoms with E-state index < -0.39 is 32.0 Å². The van der Waals surface area contributed by atoms with Crippen LogP contribution in [0.3, 0.4) is 0 Å². The number of aliphatic hydroxyl groups is 1. The number of hydrogen-bond acceptors (Lipinski definition) is 3. The predicted octanol–water partition coefficient (Wildman–Crippen LogP) is 6.08. The van der Waals surface area contributed by atoms with Gasteiger partial charge >= 0.3 is 5.97 Å². The molecule has 0 bridgehead atoms. The summed E-state index contributed by atoms with van der Waals surface area (Å²) in [6.45, 7) is 8.11. The second kappa shape index (κ2) is 11.3. The molecule has 1 aromatic heterocycles. The molecule has 3 N–H and O–H groups in total. The third-order valence-electron chi connectivity index (χ3n) is 5.71. The lowest BCUT2D eigenvalue weighted by molar-refractivity contribution is -0.138. The molecule has 2 unspecified atom stereocenters. The van der Waals surface area contributed by atoms with Gasteiger partial charge in [-0.15, -0.1) is 0 Å². The Kier molecular flexibility index (Phi) is 8.58. The van der Waals surface area contributed by atoms with E-state index in [-0.39, 0.29) is 17.8 Å². The molecule has 0 spiro atoms. The van der Waals surface area contributed by atoms with Gasteiger partial charge in [0.05, 0.1) is 29.9 Å². The second-order valence-corrected chi connectivity index (χ2v) is 11.3. The Labute approximate surface area is 210 Å². The fraction of sp³-hybridized carbons (Fsp3) is 0.321. The maximum Gasteiger partial charge on any atom is 0.305 e. The maximum absolute atomic E-state index is 13.8. The molecule has 0 fully saturated rings. The van der Waals surface area contributed by atoms with E-state index in [2.05, 4.69) is 16.1 Å². The van der Waals surface area contributed by atoms with E-state index in [4.69, 9.17) is 5.11 Å². The van der Waals surface area contributed by atoms with E-state index in [1.165, 1.54) is 12.1 Å². The third-order valence-corrected chi connectivity index (χ3v) is 7.09. The molecule has 1 heterocycles. The summed E-state index contributed by atoms with van der Waals surface area (Å²) in [5, 5.41) is 18.8. The Bertz CT molecular complexity index is 1330. The first kappa shape index (κ1) is 27.4. The van der Waals surface area contributed by atoms with Crippen LogP contribution in [-0.4, -0.2) is 37.9 Å². The Morgan fingerprint density at radius 1 is 1.03 bits per heavy atom. The summed E-state index contributed by atoms with van der Waals surface area (Å²) in [6.07, 6.45) is -2.79. The van der Waals surface area contributed by atoms with Crippen molar-refractivity contribution in [2.75, 3.05) is 6.16 Å². The average molecular weight is 512 g/mol. The van der Waals surface area contributed by atoms with Gasteiger partial charge in [-0.25, -0.2) is 4.39 Å². The molecular formula is C28H31FNO5P. The number of nitrogens with zero attached hydrogens (tertiary/aromatic N) is 1. The Morgan fingerprint density at radius 2 is 1.64 bits per heavy atom. The molecule has 190 valence electrons. The highest BCUT2D eigenvalue weighted by Gasteiger charge is 2.28. The minimum Gasteiger partial charge on any atom is -0.481 e. The molecule has 0 aliphatic rings. The largest absolute Gasteiger partial charge is 0.481 e. The highest BCUT2D eigenvalue weighted by atomic mass is 31.2. The standard InChI is InChI=1S/C28H31FNO5P/c1-18(2)27-24(14-15-36(34,35)17-23(31)16-25(32)33)26(20-10-12-22(29)13-11-20)28(30(27)19(3)4)21-8-6-5-7-9-21/h5-13,18-19,23,31H,16-17H2,1-4H3,(H,32,33)(H,34,35). The SMILES string of the molecule is CC(C)c1c(C#CP(=O)(O)CC(O)CC(=O)O)c(-c2ccc(F)cc2)c(-c2ccccc2)n1C(C)C. The van der Waals surface area contributed by atoms with Crippen LogP contribution in [0.1, 0.15) is 57.3 Å². The normalized spacial score (nSPS) is 13.8. The van der Waals surface area contributed by atoms with Crippen molar-refractivity contribution in [3.8, 4) is 34.0 Å². The summed E-state index contributed by atoms with van der Waals surface area (Å²) in [4.78, 5) is 21.3. The first-order valence-electron chi connectivity index (χ1n) is 11.8. The number of aromatic nitrogens is 1. The van der Waals surface area contributed by atoms with Gasteiger partial charge in [0, 0.05) is 17.3 Å². The second-order valence-electron chi connectivity index (χ2n) is 9.35. The summed E-state index contributed by atoms with van der Waals surface area (Å²) in [6, 6.07) is 15.8. The number of carbonyl (C=O) groups is 1. The molecule has 6 nitrogen and oxygen atoms in total. The van der Waals surface area contributed by atoms with E-state index in [1.54, 1.807) is 12.1 Å². The zero-order valence-corrected chi connectivity index (χ0v) is 21.7. The predicted molar refractivity (Wildman–Crippen MR) is 140 cm³/mol.